The van der Waals surface area contributed by atoms with Crippen LogP contribution in [0.15, 0.2) is 77.7 Å². The van der Waals surface area contributed by atoms with Crippen molar-refractivity contribution in [1.29, 1.82) is 0 Å². The Kier molecular flexibility index (Phi) is 7.84. The molecule has 6 nitrogen and oxygen atoms in total. The molecule has 32 heavy (non-hydrogen) atoms. The van der Waals surface area contributed by atoms with Gasteiger partial charge < -0.3 is 15.2 Å². The number of amides is 2. The summed E-state index contributed by atoms with van der Waals surface area (Å²) in [7, 11) is 0. The van der Waals surface area contributed by atoms with Crippen molar-refractivity contribution < 1.29 is 9.59 Å². The van der Waals surface area contributed by atoms with Crippen molar-refractivity contribution in [2.45, 2.75) is 32.9 Å². The van der Waals surface area contributed by atoms with Crippen molar-refractivity contribution in [3.05, 3.63) is 99.4 Å². The topological polar surface area (TPSA) is 80.2 Å². The third-order valence-corrected chi connectivity index (χ3v) is 5.74. The summed E-state index contributed by atoms with van der Waals surface area (Å²) < 4.78 is 1.48. The van der Waals surface area contributed by atoms with Crippen molar-refractivity contribution in [2.24, 2.45) is 5.92 Å². The number of hydrogen-bond acceptors (Lipinski definition) is 3. The maximum atomic E-state index is 13.1. The van der Waals surface area contributed by atoms with Crippen molar-refractivity contribution in [3.63, 3.8) is 0 Å². The highest BCUT2D eigenvalue weighted by Gasteiger charge is 2.26. The predicted molar refractivity (Wildman–Crippen MR) is 127 cm³/mol. The molecule has 0 radical (unpaired) electrons. The lowest BCUT2D eigenvalue weighted by Gasteiger charge is -2.24. The van der Waals surface area contributed by atoms with Gasteiger partial charge in [-0.25, -0.2) is 0 Å². The van der Waals surface area contributed by atoms with Crippen LogP contribution in [0, 0.1) is 5.92 Å². The largest absolute Gasteiger partial charge is 0.340 e. The van der Waals surface area contributed by atoms with E-state index < -0.39 is 6.04 Å². The Morgan fingerprint density at radius 3 is 2.38 bits per heavy atom. The Morgan fingerprint density at radius 2 is 1.69 bits per heavy atom. The lowest BCUT2D eigenvalue weighted by atomic mass is 9.97. The molecule has 1 heterocycles. The number of rotatable bonds is 8. The van der Waals surface area contributed by atoms with Crippen molar-refractivity contribution in [1.82, 2.24) is 9.88 Å². The number of carbonyl (C=O) groups is 2. The fourth-order valence-electron chi connectivity index (χ4n) is 3.28. The second kappa shape index (κ2) is 10.8. The molecule has 0 aliphatic rings. The highest BCUT2D eigenvalue weighted by atomic mass is 35.5. The molecule has 2 amide bonds. The SMILES string of the molecule is CCC(C)C(NC(=O)c1ccccc1)C(=O)Nc1ccc(=O)n(Cc2ccccc2Cl)c1. The highest BCUT2D eigenvalue weighted by molar-refractivity contribution is 6.31. The molecule has 0 aliphatic carbocycles. The zero-order valence-corrected chi connectivity index (χ0v) is 18.8. The highest BCUT2D eigenvalue weighted by Crippen LogP contribution is 2.17. The summed E-state index contributed by atoms with van der Waals surface area (Å²) in [6.07, 6.45) is 2.29. The van der Waals surface area contributed by atoms with Crippen molar-refractivity contribution in [3.8, 4) is 0 Å². The number of hydrogen-bond donors (Lipinski definition) is 2. The average molecular weight is 452 g/mol. The van der Waals surface area contributed by atoms with E-state index in [-0.39, 0.29) is 29.8 Å². The normalized spacial score (nSPS) is 12.6. The molecule has 2 N–H and O–H groups in total. The number of nitrogens with zero attached hydrogens (tertiary/aromatic N) is 1. The first kappa shape index (κ1) is 23.3. The fourth-order valence-corrected chi connectivity index (χ4v) is 3.47. The van der Waals surface area contributed by atoms with E-state index >= 15 is 0 Å². The van der Waals surface area contributed by atoms with E-state index in [1.54, 1.807) is 42.6 Å². The maximum Gasteiger partial charge on any atom is 0.251 e. The maximum absolute atomic E-state index is 13.1. The average Bonchev–Trinajstić information content (AvgIpc) is 2.81. The molecule has 2 atom stereocenters. The molecule has 3 rings (SSSR count). The molecule has 0 saturated heterocycles. The molecule has 0 saturated carbocycles. The van der Waals surface area contributed by atoms with Crippen LogP contribution in [-0.4, -0.2) is 22.4 Å². The van der Waals surface area contributed by atoms with Gasteiger partial charge in [0.1, 0.15) is 6.04 Å². The van der Waals surface area contributed by atoms with Crippen LogP contribution in [0.3, 0.4) is 0 Å². The molecule has 0 spiro atoms. The summed E-state index contributed by atoms with van der Waals surface area (Å²) in [5.74, 6) is -0.738. The molecule has 0 bridgehead atoms. The first-order valence-electron chi connectivity index (χ1n) is 10.5. The van der Waals surface area contributed by atoms with Crippen LogP contribution in [-0.2, 0) is 11.3 Å². The van der Waals surface area contributed by atoms with E-state index in [0.717, 1.165) is 5.56 Å². The Balaban J connectivity index is 1.78. The molecular formula is C25H26ClN3O3. The fraction of sp³-hybridized carbons (Fsp3) is 0.240. The lowest BCUT2D eigenvalue weighted by Crippen LogP contribution is -2.47. The van der Waals surface area contributed by atoms with Gasteiger partial charge in [-0.15, -0.1) is 0 Å². The molecule has 1 aromatic heterocycles. The number of anilines is 1. The van der Waals surface area contributed by atoms with Gasteiger partial charge in [-0.3, -0.25) is 14.4 Å². The van der Waals surface area contributed by atoms with Gasteiger partial charge in [-0.2, -0.15) is 0 Å². The first-order valence-corrected chi connectivity index (χ1v) is 10.9. The van der Waals surface area contributed by atoms with Crippen LogP contribution in [0.4, 0.5) is 5.69 Å². The zero-order chi connectivity index (χ0) is 23.1. The van der Waals surface area contributed by atoms with Gasteiger partial charge in [-0.1, -0.05) is 68.3 Å². The van der Waals surface area contributed by atoms with Gasteiger partial charge in [0.05, 0.1) is 12.2 Å². The summed E-state index contributed by atoms with van der Waals surface area (Å²) in [5.41, 5.74) is 1.54. The van der Waals surface area contributed by atoms with E-state index in [1.165, 1.54) is 10.6 Å². The summed E-state index contributed by atoms with van der Waals surface area (Å²) in [5, 5.41) is 6.24. The summed E-state index contributed by atoms with van der Waals surface area (Å²) >= 11 is 6.22. The van der Waals surface area contributed by atoms with Gasteiger partial charge >= 0.3 is 0 Å². The van der Waals surface area contributed by atoms with E-state index in [0.29, 0.717) is 22.7 Å². The molecule has 0 aliphatic heterocycles. The molecule has 2 unspecified atom stereocenters. The van der Waals surface area contributed by atoms with Crippen LogP contribution >= 0.6 is 11.6 Å². The third kappa shape index (κ3) is 5.86. The monoisotopic (exact) mass is 451 g/mol. The zero-order valence-electron chi connectivity index (χ0n) is 18.0. The van der Waals surface area contributed by atoms with Gasteiger partial charge in [0.2, 0.25) is 5.91 Å². The number of pyridine rings is 1. The van der Waals surface area contributed by atoms with Crippen molar-refractivity contribution in [2.75, 3.05) is 5.32 Å². The minimum Gasteiger partial charge on any atom is -0.340 e. The third-order valence-electron chi connectivity index (χ3n) is 5.37. The number of nitrogens with one attached hydrogen (secondary N) is 2. The van der Waals surface area contributed by atoms with E-state index in [4.69, 9.17) is 11.6 Å². The molecule has 2 aromatic carbocycles. The van der Waals surface area contributed by atoms with E-state index in [1.807, 2.05) is 38.1 Å². The Morgan fingerprint density at radius 1 is 1.00 bits per heavy atom. The van der Waals surface area contributed by atoms with E-state index in [2.05, 4.69) is 10.6 Å². The minimum atomic E-state index is -0.725. The predicted octanol–water partition coefficient (Wildman–Crippen LogP) is 4.33. The quantitative estimate of drug-likeness (QED) is 0.534. The standard InChI is InChI=1S/C25H26ClN3O3/c1-3-17(2)23(28-24(31)18-9-5-4-6-10-18)25(32)27-20-13-14-22(30)29(16-20)15-19-11-7-8-12-21(19)26/h4-14,16-17,23H,3,15H2,1-2H3,(H,27,32)(H,28,31). The van der Waals surface area contributed by atoms with Crippen LogP contribution in [0.25, 0.3) is 0 Å². The van der Waals surface area contributed by atoms with Crippen LogP contribution in [0.2, 0.25) is 5.02 Å². The Bertz CT molecular complexity index is 1140. The van der Waals surface area contributed by atoms with Gasteiger partial charge in [0, 0.05) is 22.8 Å². The van der Waals surface area contributed by atoms with Crippen LogP contribution in [0.1, 0.15) is 36.2 Å². The second-order valence-corrected chi connectivity index (χ2v) is 8.07. The number of carbonyl (C=O) groups excluding carboxylic acids is 2. The number of benzene rings is 2. The Hall–Kier alpha value is -3.38. The molecule has 7 heteroatoms. The summed E-state index contributed by atoms with van der Waals surface area (Å²) in [6.45, 7) is 4.15. The molecular weight excluding hydrogens is 426 g/mol. The van der Waals surface area contributed by atoms with Crippen LogP contribution in [0.5, 0.6) is 0 Å². The minimum absolute atomic E-state index is 0.0864. The second-order valence-electron chi connectivity index (χ2n) is 7.67. The number of halogens is 1. The summed E-state index contributed by atoms with van der Waals surface area (Å²) in [4.78, 5) is 38.0. The van der Waals surface area contributed by atoms with Gasteiger partial charge in [-0.05, 0) is 35.7 Å². The molecule has 0 fully saturated rings. The summed E-state index contributed by atoms with van der Waals surface area (Å²) in [6, 6.07) is 18.3. The first-order chi connectivity index (χ1) is 15.4. The van der Waals surface area contributed by atoms with Gasteiger partial charge in [0.15, 0.2) is 0 Å². The van der Waals surface area contributed by atoms with Gasteiger partial charge in [0.25, 0.3) is 11.5 Å². The number of aromatic nitrogens is 1. The molecule has 166 valence electrons. The Labute approximate surface area is 192 Å². The van der Waals surface area contributed by atoms with Crippen molar-refractivity contribution >= 4 is 29.1 Å². The molecule has 3 aromatic rings. The van der Waals surface area contributed by atoms with E-state index in [9.17, 15) is 14.4 Å². The van der Waals surface area contributed by atoms with Crippen LogP contribution < -0.4 is 16.2 Å². The lowest BCUT2D eigenvalue weighted by molar-refractivity contribution is -0.119. The smallest absolute Gasteiger partial charge is 0.251 e.